The minimum Gasteiger partial charge on any atom is -0.493 e. The van der Waals surface area contributed by atoms with Crippen LogP contribution in [0.15, 0.2) is 35.3 Å². The van der Waals surface area contributed by atoms with Crippen LogP contribution in [-0.4, -0.2) is 30.6 Å². The molecule has 0 unspecified atom stereocenters. The molecule has 0 radical (unpaired) electrons. The molecule has 5 rings (SSSR count). The van der Waals surface area contributed by atoms with E-state index in [-0.39, 0.29) is 12.4 Å². The molecule has 30 heavy (non-hydrogen) atoms. The summed E-state index contributed by atoms with van der Waals surface area (Å²) >= 11 is 0. The molecule has 1 aliphatic rings. The standard InChI is InChI=1S/C23H22N2O5/c1-4-5-6-25-22-15-9-20-21(30-12-29-20)10-17(15)24-11-16(22)13-7-18(27-2)19(28-3)8-14(13)23(25)26/h7-11H,4-6,12H2,1-3H3. The Morgan fingerprint density at radius 3 is 2.37 bits per heavy atom. The van der Waals surface area contributed by atoms with Gasteiger partial charge in [0.1, 0.15) is 0 Å². The number of aromatic nitrogens is 2. The van der Waals surface area contributed by atoms with E-state index in [0.29, 0.717) is 34.9 Å². The van der Waals surface area contributed by atoms with Crippen LogP contribution in [0.1, 0.15) is 19.8 Å². The average molecular weight is 406 g/mol. The molecule has 0 fully saturated rings. The van der Waals surface area contributed by atoms with Gasteiger partial charge in [-0.2, -0.15) is 0 Å². The van der Waals surface area contributed by atoms with E-state index in [1.807, 2.05) is 29.0 Å². The van der Waals surface area contributed by atoms with Crippen LogP contribution in [-0.2, 0) is 6.54 Å². The van der Waals surface area contributed by atoms with Crippen LogP contribution in [0.25, 0.3) is 32.6 Å². The zero-order valence-corrected chi connectivity index (χ0v) is 17.2. The first-order valence-electron chi connectivity index (χ1n) is 9.96. The second-order valence-electron chi connectivity index (χ2n) is 7.31. The molecule has 0 amide bonds. The molecule has 0 N–H and O–H groups in total. The highest BCUT2D eigenvalue weighted by Crippen LogP contribution is 2.40. The van der Waals surface area contributed by atoms with Crippen molar-refractivity contribution in [2.24, 2.45) is 0 Å². The van der Waals surface area contributed by atoms with E-state index in [1.165, 1.54) is 0 Å². The van der Waals surface area contributed by atoms with Crippen LogP contribution in [0.4, 0.5) is 0 Å². The molecule has 0 spiro atoms. The number of ether oxygens (including phenoxy) is 4. The van der Waals surface area contributed by atoms with Crippen LogP contribution >= 0.6 is 0 Å². The maximum atomic E-state index is 13.6. The molecular formula is C23H22N2O5. The van der Waals surface area contributed by atoms with Gasteiger partial charge in [-0.15, -0.1) is 0 Å². The fourth-order valence-electron chi connectivity index (χ4n) is 4.11. The largest absolute Gasteiger partial charge is 0.493 e. The molecule has 3 heterocycles. The number of rotatable bonds is 5. The summed E-state index contributed by atoms with van der Waals surface area (Å²) in [5, 5.41) is 3.11. The number of nitrogens with zero attached hydrogens (tertiary/aromatic N) is 2. The number of unbranched alkanes of at least 4 members (excludes halogenated alkanes) is 1. The Hall–Kier alpha value is -3.48. The predicted molar refractivity (Wildman–Crippen MR) is 115 cm³/mol. The molecule has 4 aromatic rings. The van der Waals surface area contributed by atoms with Gasteiger partial charge >= 0.3 is 0 Å². The Morgan fingerprint density at radius 2 is 1.67 bits per heavy atom. The fourth-order valence-corrected chi connectivity index (χ4v) is 4.11. The molecule has 154 valence electrons. The van der Waals surface area contributed by atoms with Gasteiger partial charge in [0.15, 0.2) is 23.0 Å². The van der Waals surface area contributed by atoms with Gasteiger partial charge in [-0.1, -0.05) is 13.3 Å². The lowest BCUT2D eigenvalue weighted by Gasteiger charge is -2.16. The van der Waals surface area contributed by atoms with Gasteiger partial charge in [-0.3, -0.25) is 9.78 Å². The first-order chi connectivity index (χ1) is 14.7. The number of hydrogen-bond donors (Lipinski definition) is 0. The van der Waals surface area contributed by atoms with Crippen molar-refractivity contribution in [2.75, 3.05) is 21.0 Å². The van der Waals surface area contributed by atoms with Crippen LogP contribution in [0, 0.1) is 0 Å². The van der Waals surface area contributed by atoms with Gasteiger partial charge in [-0.05, 0) is 24.6 Å². The average Bonchev–Trinajstić information content (AvgIpc) is 3.23. The third-order valence-electron chi connectivity index (χ3n) is 5.63. The Morgan fingerprint density at radius 1 is 0.967 bits per heavy atom. The third-order valence-corrected chi connectivity index (χ3v) is 5.63. The summed E-state index contributed by atoms with van der Waals surface area (Å²) < 4.78 is 23.9. The number of pyridine rings is 2. The highest BCUT2D eigenvalue weighted by Gasteiger charge is 2.20. The van der Waals surface area contributed by atoms with E-state index in [4.69, 9.17) is 18.9 Å². The Bertz CT molecular complexity index is 1360. The maximum Gasteiger partial charge on any atom is 0.259 e. The second kappa shape index (κ2) is 7.09. The normalized spacial score (nSPS) is 12.8. The lowest BCUT2D eigenvalue weighted by Crippen LogP contribution is -2.21. The lowest BCUT2D eigenvalue weighted by atomic mass is 10.0. The smallest absolute Gasteiger partial charge is 0.259 e. The van der Waals surface area contributed by atoms with Crippen molar-refractivity contribution in [2.45, 2.75) is 26.3 Å². The zero-order chi connectivity index (χ0) is 20.8. The molecular weight excluding hydrogens is 384 g/mol. The topological polar surface area (TPSA) is 71.8 Å². The summed E-state index contributed by atoms with van der Waals surface area (Å²) in [4.78, 5) is 18.2. The van der Waals surface area contributed by atoms with Gasteiger partial charge in [-0.25, -0.2) is 0 Å². The van der Waals surface area contributed by atoms with Gasteiger partial charge in [0.2, 0.25) is 6.79 Å². The van der Waals surface area contributed by atoms with Gasteiger partial charge in [0, 0.05) is 35.0 Å². The molecule has 0 saturated carbocycles. The van der Waals surface area contributed by atoms with Crippen LogP contribution in [0.3, 0.4) is 0 Å². The molecule has 2 aromatic carbocycles. The van der Waals surface area contributed by atoms with Gasteiger partial charge in [0.05, 0.1) is 30.6 Å². The monoisotopic (exact) mass is 406 g/mol. The van der Waals surface area contributed by atoms with E-state index in [0.717, 1.165) is 40.0 Å². The van der Waals surface area contributed by atoms with Gasteiger partial charge in [0.25, 0.3) is 5.56 Å². The number of benzene rings is 2. The first-order valence-corrected chi connectivity index (χ1v) is 9.96. The third kappa shape index (κ3) is 2.65. The molecule has 7 nitrogen and oxygen atoms in total. The first kappa shape index (κ1) is 18.5. The minimum absolute atomic E-state index is 0.0583. The Balaban J connectivity index is 1.96. The maximum absolute atomic E-state index is 13.6. The quantitative estimate of drug-likeness (QED) is 0.462. The van der Waals surface area contributed by atoms with E-state index in [1.54, 1.807) is 20.3 Å². The second-order valence-corrected chi connectivity index (χ2v) is 7.31. The Labute approximate surface area is 172 Å². The van der Waals surface area contributed by atoms with Crippen LogP contribution in [0.2, 0.25) is 0 Å². The van der Waals surface area contributed by atoms with E-state index in [9.17, 15) is 4.79 Å². The van der Waals surface area contributed by atoms with Crippen molar-refractivity contribution in [1.29, 1.82) is 0 Å². The number of hydrogen-bond acceptors (Lipinski definition) is 6. The summed E-state index contributed by atoms with van der Waals surface area (Å²) in [5.41, 5.74) is 1.55. The summed E-state index contributed by atoms with van der Waals surface area (Å²) in [6.45, 7) is 2.91. The molecule has 0 saturated heterocycles. The molecule has 0 atom stereocenters. The molecule has 2 aromatic heterocycles. The van der Waals surface area contributed by atoms with Crippen molar-refractivity contribution in [3.05, 3.63) is 40.8 Å². The number of fused-ring (bicyclic) bond motifs is 6. The molecule has 1 aliphatic heterocycles. The number of aryl methyl sites for hydroxylation is 1. The van der Waals surface area contributed by atoms with E-state index < -0.39 is 0 Å². The van der Waals surface area contributed by atoms with Crippen molar-refractivity contribution in [3.8, 4) is 23.0 Å². The molecule has 0 bridgehead atoms. The van der Waals surface area contributed by atoms with Gasteiger partial charge < -0.3 is 23.5 Å². The van der Waals surface area contributed by atoms with Crippen molar-refractivity contribution in [3.63, 3.8) is 0 Å². The van der Waals surface area contributed by atoms with Crippen LogP contribution in [0.5, 0.6) is 23.0 Å². The van der Waals surface area contributed by atoms with Crippen LogP contribution < -0.4 is 24.5 Å². The van der Waals surface area contributed by atoms with E-state index in [2.05, 4.69) is 11.9 Å². The zero-order valence-electron chi connectivity index (χ0n) is 17.2. The predicted octanol–water partition coefficient (Wildman–Crippen LogP) is 4.25. The summed E-state index contributed by atoms with van der Waals surface area (Å²) in [6, 6.07) is 7.39. The van der Waals surface area contributed by atoms with E-state index >= 15 is 0 Å². The molecule has 0 aliphatic carbocycles. The lowest BCUT2D eigenvalue weighted by molar-refractivity contribution is 0.174. The summed E-state index contributed by atoms with van der Waals surface area (Å²) in [6.07, 6.45) is 3.69. The minimum atomic E-state index is -0.0583. The molecule has 7 heteroatoms. The SMILES string of the molecule is CCCCn1c(=O)c2cc(OC)c(OC)cc2c2cnc3cc4c(cc3c21)OCO4. The highest BCUT2D eigenvalue weighted by atomic mass is 16.7. The highest BCUT2D eigenvalue weighted by molar-refractivity contribution is 6.15. The van der Waals surface area contributed by atoms with Crippen molar-refractivity contribution in [1.82, 2.24) is 9.55 Å². The summed E-state index contributed by atoms with van der Waals surface area (Å²) in [5.74, 6) is 2.44. The summed E-state index contributed by atoms with van der Waals surface area (Å²) in [7, 11) is 3.15. The van der Waals surface area contributed by atoms with Crippen molar-refractivity contribution >= 4 is 32.6 Å². The Kier molecular flexibility index (Phi) is 4.38. The number of methoxy groups -OCH3 is 2. The fraction of sp³-hybridized carbons (Fsp3) is 0.304. The van der Waals surface area contributed by atoms with Crippen molar-refractivity contribution < 1.29 is 18.9 Å².